The van der Waals surface area contributed by atoms with E-state index >= 15 is 0 Å². The summed E-state index contributed by atoms with van der Waals surface area (Å²) < 4.78 is 28.9. The van der Waals surface area contributed by atoms with Gasteiger partial charge in [0.2, 0.25) is 5.88 Å². The fraction of sp³-hybridized carbons (Fsp3) is 0.409. The Morgan fingerprint density at radius 1 is 1.27 bits per heavy atom. The summed E-state index contributed by atoms with van der Waals surface area (Å²) in [6, 6.07) is 8.79. The zero-order chi connectivity index (χ0) is 21.1. The van der Waals surface area contributed by atoms with Gasteiger partial charge in [-0.2, -0.15) is 4.98 Å². The molecule has 1 N–H and O–H groups in total. The fourth-order valence-electron chi connectivity index (χ4n) is 3.13. The van der Waals surface area contributed by atoms with E-state index in [0.29, 0.717) is 29.8 Å². The van der Waals surface area contributed by atoms with Crippen molar-refractivity contribution >= 4 is 15.7 Å². The summed E-state index contributed by atoms with van der Waals surface area (Å²) in [5, 5.41) is 4.06. The predicted molar refractivity (Wildman–Crippen MR) is 115 cm³/mol. The zero-order valence-electron chi connectivity index (χ0n) is 16.8. The third-order valence-corrected chi connectivity index (χ3v) is 5.73. The number of carbonyl (C=O) groups is 1. The summed E-state index contributed by atoms with van der Waals surface area (Å²) in [4.78, 5) is 21.9. The van der Waals surface area contributed by atoms with Crippen molar-refractivity contribution in [1.82, 2.24) is 15.3 Å². The van der Waals surface area contributed by atoms with Crippen LogP contribution >= 0.6 is 0 Å². The van der Waals surface area contributed by atoms with Crippen molar-refractivity contribution in [2.75, 3.05) is 6.26 Å². The molecule has 0 radical (unpaired) electrons. The Hall–Kier alpha value is -2.74. The monoisotopic (exact) mass is 429 g/mol. The zero-order valence-corrected chi connectivity index (χ0v) is 17.6. The molecule has 2 aliphatic carbocycles. The molecule has 0 saturated heterocycles. The average Bonchev–Trinajstić information content (AvgIpc) is 3.61. The molecular weight excluding hydrogens is 402 g/mol. The van der Waals surface area contributed by atoms with Gasteiger partial charge in [0.15, 0.2) is 9.84 Å². The van der Waals surface area contributed by atoms with E-state index in [0.717, 1.165) is 37.3 Å². The van der Waals surface area contributed by atoms with Crippen molar-refractivity contribution < 1.29 is 19.4 Å². The van der Waals surface area contributed by atoms with Crippen LogP contribution in [0.25, 0.3) is 0 Å². The van der Waals surface area contributed by atoms with Crippen molar-refractivity contribution in [1.29, 1.82) is 0 Å². The van der Waals surface area contributed by atoms with Crippen LogP contribution in [0, 0.1) is 5.92 Å². The van der Waals surface area contributed by atoms with E-state index in [1.54, 1.807) is 18.2 Å². The predicted octanol–water partition coefficient (Wildman–Crippen LogP) is 3.85. The van der Waals surface area contributed by atoms with Crippen molar-refractivity contribution in [2.24, 2.45) is 5.92 Å². The highest BCUT2D eigenvalue weighted by atomic mass is 32.2. The van der Waals surface area contributed by atoms with Gasteiger partial charge < -0.3 is 10.1 Å². The maximum Gasteiger partial charge on any atom is 0.258 e. The number of aromatic nitrogens is 2. The maximum absolute atomic E-state index is 13.0. The number of sulfone groups is 1. The summed E-state index contributed by atoms with van der Waals surface area (Å²) in [5.41, 5.74) is 0.233. The molecule has 7 nitrogen and oxygen atoms in total. The van der Waals surface area contributed by atoms with Gasteiger partial charge in [-0.1, -0.05) is 37.1 Å². The van der Waals surface area contributed by atoms with E-state index in [1.807, 2.05) is 18.2 Å². The molecule has 2 aromatic rings. The number of nitrogens with one attached hydrogen (secondary N) is 1. The minimum Gasteiger partial charge on any atom is -0.438 e. The van der Waals surface area contributed by atoms with Crippen LogP contribution in [0.3, 0.4) is 0 Å². The van der Waals surface area contributed by atoms with E-state index in [2.05, 4.69) is 15.3 Å². The molecule has 30 heavy (non-hydrogen) atoms. The normalized spacial score (nSPS) is 17.6. The lowest BCUT2D eigenvalue weighted by molar-refractivity contribution is 0.0938. The second-order valence-corrected chi connectivity index (χ2v) is 9.98. The fourth-order valence-corrected chi connectivity index (χ4v) is 3.61. The van der Waals surface area contributed by atoms with E-state index < -0.39 is 9.84 Å². The summed E-state index contributed by atoms with van der Waals surface area (Å²) in [7, 11) is -3.27. The molecule has 1 atom stereocenters. The summed E-state index contributed by atoms with van der Waals surface area (Å²) in [5.74, 6) is 1.93. The van der Waals surface area contributed by atoms with Gasteiger partial charge in [0.1, 0.15) is 17.1 Å². The van der Waals surface area contributed by atoms with Crippen LogP contribution in [-0.2, 0) is 9.84 Å². The molecule has 2 aliphatic rings. The quantitative estimate of drug-likeness (QED) is 0.650. The molecule has 0 unspecified atom stereocenters. The molecule has 4 rings (SSSR count). The number of carbonyl (C=O) groups excluding carboxylic acids is 1. The Bertz CT molecular complexity index is 1050. The SMILES string of the molecule is CS(=O)(=O)/C=C/[C@H](CC1CC1)NC(=O)c1cnc(C2CC2)nc1Oc1ccccc1.[HH]. The van der Waals surface area contributed by atoms with Crippen LogP contribution in [-0.4, -0.2) is 36.6 Å². The molecule has 0 bridgehead atoms. The number of para-hydroxylation sites is 1. The first kappa shape index (κ1) is 20.5. The Morgan fingerprint density at radius 2 is 2.00 bits per heavy atom. The van der Waals surface area contributed by atoms with Crippen LogP contribution in [0.4, 0.5) is 0 Å². The molecule has 1 heterocycles. The lowest BCUT2D eigenvalue weighted by Crippen LogP contribution is -2.34. The molecular formula is C22H27N3O4S. The topological polar surface area (TPSA) is 98.2 Å². The summed E-state index contributed by atoms with van der Waals surface area (Å²) in [6.07, 6.45) is 9.16. The van der Waals surface area contributed by atoms with Crippen molar-refractivity contribution in [3.8, 4) is 11.6 Å². The van der Waals surface area contributed by atoms with E-state index in [4.69, 9.17) is 4.74 Å². The number of benzene rings is 1. The Balaban J connectivity index is 0.00000272. The third-order valence-electron chi connectivity index (χ3n) is 5.08. The average molecular weight is 430 g/mol. The van der Waals surface area contributed by atoms with Gasteiger partial charge in [-0.25, -0.2) is 13.4 Å². The standard InChI is InChI=1S/C22H25N3O4S.H2/c1-30(27,28)12-11-17(13-15-7-8-15)24-21(26)19-14-23-20(16-9-10-16)25-22(19)29-18-5-3-2-4-6-18;/h2-6,11-12,14-17H,7-10,13H2,1H3,(H,24,26);1H/b12-11+;/t17-;/m1./s1. The minimum absolute atomic E-state index is 0. The maximum atomic E-state index is 13.0. The number of hydrogen-bond acceptors (Lipinski definition) is 6. The van der Waals surface area contributed by atoms with Gasteiger partial charge in [-0.15, -0.1) is 0 Å². The molecule has 160 valence electrons. The van der Waals surface area contributed by atoms with Crippen LogP contribution < -0.4 is 10.1 Å². The molecule has 1 aromatic heterocycles. The van der Waals surface area contributed by atoms with Crippen LogP contribution in [0.1, 0.15) is 55.6 Å². The lowest BCUT2D eigenvalue weighted by Gasteiger charge is -2.16. The van der Waals surface area contributed by atoms with E-state index in [-0.39, 0.29) is 24.8 Å². The molecule has 2 fully saturated rings. The largest absolute Gasteiger partial charge is 0.438 e. The molecule has 1 amide bonds. The summed E-state index contributed by atoms with van der Waals surface area (Å²) in [6.45, 7) is 0. The number of ether oxygens (including phenoxy) is 1. The van der Waals surface area contributed by atoms with Gasteiger partial charge in [0, 0.05) is 31.2 Å². The molecule has 0 spiro atoms. The first-order valence-corrected chi connectivity index (χ1v) is 12.1. The van der Waals surface area contributed by atoms with Crippen molar-refractivity contribution in [3.05, 3.63) is 59.4 Å². The van der Waals surface area contributed by atoms with Gasteiger partial charge >= 0.3 is 0 Å². The second-order valence-electron chi connectivity index (χ2n) is 8.05. The number of rotatable bonds is 9. The van der Waals surface area contributed by atoms with E-state index in [9.17, 15) is 13.2 Å². The van der Waals surface area contributed by atoms with Crippen LogP contribution in [0.2, 0.25) is 0 Å². The smallest absolute Gasteiger partial charge is 0.258 e. The highest BCUT2D eigenvalue weighted by Gasteiger charge is 2.30. The van der Waals surface area contributed by atoms with Gasteiger partial charge in [0.05, 0.1) is 0 Å². The third kappa shape index (κ3) is 5.89. The summed E-state index contributed by atoms with van der Waals surface area (Å²) >= 11 is 0. The van der Waals surface area contributed by atoms with Gasteiger partial charge in [0.25, 0.3) is 5.91 Å². The molecule has 0 aliphatic heterocycles. The molecule has 1 aromatic carbocycles. The van der Waals surface area contributed by atoms with E-state index in [1.165, 1.54) is 6.20 Å². The number of hydrogen-bond donors (Lipinski definition) is 1. The highest BCUT2D eigenvalue weighted by molar-refractivity contribution is 7.93. The Labute approximate surface area is 178 Å². The Kier molecular flexibility index (Phi) is 5.85. The highest BCUT2D eigenvalue weighted by Crippen LogP contribution is 2.39. The lowest BCUT2D eigenvalue weighted by atomic mass is 10.1. The molecule has 8 heteroatoms. The Morgan fingerprint density at radius 3 is 2.63 bits per heavy atom. The number of nitrogens with zero attached hydrogens (tertiary/aromatic N) is 2. The van der Waals surface area contributed by atoms with Gasteiger partial charge in [-0.05, 0) is 37.3 Å². The number of amides is 1. The molecule has 2 saturated carbocycles. The first-order valence-electron chi connectivity index (χ1n) is 10.2. The van der Waals surface area contributed by atoms with Gasteiger partial charge in [-0.3, -0.25) is 4.79 Å². The van der Waals surface area contributed by atoms with Crippen molar-refractivity contribution in [3.63, 3.8) is 0 Å². The first-order chi connectivity index (χ1) is 14.4. The minimum atomic E-state index is -3.27. The van der Waals surface area contributed by atoms with Crippen LogP contribution in [0.15, 0.2) is 48.0 Å². The second kappa shape index (κ2) is 8.55. The van der Waals surface area contributed by atoms with Crippen molar-refractivity contribution in [2.45, 2.75) is 44.1 Å². The van der Waals surface area contributed by atoms with Crippen LogP contribution in [0.5, 0.6) is 11.6 Å².